The number of aromatic nitrogens is 1. The molecular formula is C25H28Cl2N4O4S. The molecule has 1 aliphatic heterocycles. The number of amides is 1. The molecule has 2 heterocycles. The Morgan fingerprint density at radius 2 is 1.83 bits per heavy atom. The lowest BCUT2D eigenvalue weighted by molar-refractivity contribution is -0.123. The second-order valence-corrected chi connectivity index (χ2v) is 11.3. The van der Waals surface area contributed by atoms with Gasteiger partial charge in [0.15, 0.2) is 6.61 Å². The average Bonchev–Trinajstić information content (AvgIpc) is 2.88. The van der Waals surface area contributed by atoms with Crippen LogP contribution >= 0.6 is 23.2 Å². The summed E-state index contributed by atoms with van der Waals surface area (Å²) in [6.07, 6.45) is 5.17. The minimum atomic E-state index is -3.59. The molecule has 1 aliphatic rings. The van der Waals surface area contributed by atoms with Crippen LogP contribution in [0, 0.1) is 0 Å². The van der Waals surface area contributed by atoms with Crippen molar-refractivity contribution in [2.45, 2.75) is 30.6 Å². The van der Waals surface area contributed by atoms with Gasteiger partial charge in [0, 0.05) is 48.5 Å². The fourth-order valence-electron chi connectivity index (χ4n) is 4.02. The summed E-state index contributed by atoms with van der Waals surface area (Å²) >= 11 is 12.3. The summed E-state index contributed by atoms with van der Waals surface area (Å²) in [5, 5.41) is 7.92. The molecule has 36 heavy (non-hydrogen) atoms. The molecule has 4 rings (SSSR count). The number of halogens is 2. The molecule has 0 radical (unpaired) electrons. The highest BCUT2D eigenvalue weighted by atomic mass is 35.5. The molecule has 1 aromatic heterocycles. The summed E-state index contributed by atoms with van der Waals surface area (Å²) < 4.78 is 32.6. The van der Waals surface area contributed by atoms with Crippen molar-refractivity contribution < 1.29 is 17.9 Å². The first-order valence-electron chi connectivity index (χ1n) is 11.8. The van der Waals surface area contributed by atoms with Crippen LogP contribution < -0.4 is 15.4 Å². The van der Waals surface area contributed by atoms with Crippen LogP contribution in [0.2, 0.25) is 10.0 Å². The number of sulfonamides is 1. The lowest BCUT2D eigenvalue weighted by atomic mass is 10.2. The van der Waals surface area contributed by atoms with Gasteiger partial charge in [-0.3, -0.25) is 9.78 Å². The van der Waals surface area contributed by atoms with Gasteiger partial charge in [-0.15, -0.1) is 0 Å². The van der Waals surface area contributed by atoms with E-state index in [1.54, 1.807) is 6.20 Å². The van der Waals surface area contributed by atoms with Crippen LogP contribution in [0.25, 0.3) is 10.9 Å². The molecule has 192 valence electrons. The van der Waals surface area contributed by atoms with Crippen molar-refractivity contribution in [2.75, 3.05) is 38.1 Å². The Morgan fingerprint density at radius 1 is 1.03 bits per heavy atom. The van der Waals surface area contributed by atoms with Crippen LogP contribution in [-0.2, 0) is 14.8 Å². The van der Waals surface area contributed by atoms with Crippen molar-refractivity contribution in [1.82, 2.24) is 14.6 Å². The third-order valence-electron chi connectivity index (χ3n) is 5.91. The van der Waals surface area contributed by atoms with Crippen LogP contribution in [0.3, 0.4) is 0 Å². The number of benzene rings is 2. The van der Waals surface area contributed by atoms with Gasteiger partial charge in [-0.1, -0.05) is 29.6 Å². The highest BCUT2D eigenvalue weighted by Crippen LogP contribution is 2.30. The highest BCUT2D eigenvalue weighted by Gasteiger charge is 2.26. The Kier molecular flexibility index (Phi) is 8.90. The quantitative estimate of drug-likeness (QED) is 0.354. The molecule has 11 heteroatoms. The maximum Gasteiger partial charge on any atom is 0.257 e. The summed E-state index contributed by atoms with van der Waals surface area (Å²) in [5.74, 6) is -0.0316. The van der Waals surface area contributed by atoms with Crippen molar-refractivity contribution in [2.24, 2.45) is 0 Å². The van der Waals surface area contributed by atoms with Gasteiger partial charge in [0.1, 0.15) is 5.75 Å². The Morgan fingerprint density at radius 3 is 2.61 bits per heavy atom. The van der Waals surface area contributed by atoms with E-state index in [2.05, 4.69) is 15.6 Å². The molecule has 3 aromatic rings. The van der Waals surface area contributed by atoms with E-state index in [9.17, 15) is 13.2 Å². The molecule has 2 N–H and O–H groups in total. The van der Waals surface area contributed by atoms with Gasteiger partial charge in [0.2, 0.25) is 10.0 Å². The lowest BCUT2D eigenvalue weighted by Gasteiger charge is -2.26. The first kappa shape index (κ1) is 26.5. The van der Waals surface area contributed by atoms with Crippen molar-refractivity contribution in [3.05, 3.63) is 58.7 Å². The molecule has 0 saturated carbocycles. The maximum atomic E-state index is 12.8. The van der Waals surface area contributed by atoms with Gasteiger partial charge in [-0.25, -0.2) is 8.42 Å². The number of piperidine rings is 1. The van der Waals surface area contributed by atoms with E-state index in [0.717, 1.165) is 35.9 Å². The number of hydrogen-bond donors (Lipinski definition) is 2. The molecule has 1 amide bonds. The molecule has 1 fully saturated rings. The molecule has 2 aromatic carbocycles. The molecule has 0 unspecified atom stereocenters. The standard InChI is InChI=1S/C25H28Cl2N4O4S/c26-18-5-7-20-22(9-12-29-23(20)15-18)28-10-4-11-30-25(32)17-35-24-8-6-19(16-21(24)27)36(33,34)31-13-2-1-3-14-31/h5-9,12,15-16H,1-4,10-11,13-14,17H2,(H,28,29)(H,30,32). The van der Waals surface area contributed by atoms with Gasteiger partial charge in [-0.05, 0) is 61.7 Å². The second-order valence-electron chi connectivity index (χ2n) is 8.50. The smallest absolute Gasteiger partial charge is 0.257 e. The number of rotatable bonds is 10. The van der Waals surface area contributed by atoms with Gasteiger partial charge in [-0.2, -0.15) is 4.31 Å². The summed E-state index contributed by atoms with van der Waals surface area (Å²) in [4.78, 5) is 16.6. The number of carbonyl (C=O) groups is 1. The largest absolute Gasteiger partial charge is 0.482 e. The molecule has 1 saturated heterocycles. The number of fused-ring (bicyclic) bond motifs is 1. The van der Waals surface area contributed by atoms with Gasteiger partial charge >= 0.3 is 0 Å². The minimum absolute atomic E-state index is 0.128. The number of hydrogen-bond acceptors (Lipinski definition) is 6. The zero-order chi connectivity index (χ0) is 25.5. The monoisotopic (exact) mass is 550 g/mol. The van der Waals surface area contributed by atoms with Crippen molar-refractivity contribution >= 4 is 55.7 Å². The zero-order valence-corrected chi connectivity index (χ0v) is 22.0. The fourth-order valence-corrected chi connectivity index (χ4v) is 6.03. The third-order valence-corrected chi connectivity index (χ3v) is 8.34. The van der Waals surface area contributed by atoms with E-state index in [-0.39, 0.29) is 28.2 Å². The van der Waals surface area contributed by atoms with E-state index in [4.69, 9.17) is 27.9 Å². The van der Waals surface area contributed by atoms with Gasteiger partial charge < -0.3 is 15.4 Å². The number of pyridine rings is 1. The molecule has 0 bridgehead atoms. The Balaban J connectivity index is 1.21. The molecule has 0 aliphatic carbocycles. The molecule has 0 atom stereocenters. The van der Waals surface area contributed by atoms with Crippen LogP contribution in [0.1, 0.15) is 25.7 Å². The number of carbonyl (C=O) groups excluding carboxylic acids is 1. The fraction of sp³-hybridized carbons (Fsp3) is 0.360. The van der Waals surface area contributed by atoms with E-state index in [1.165, 1.54) is 22.5 Å². The van der Waals surface area contributed by atoms with E-state index >= 15 is 0 Å². The third kappa shape index (κ3) is 6.59. The van der Waals surface area contributed by atoms with Crippen LogP contribution in [0.15, 0.2) is 53.6 Å². The average molecular weight is 551 g/mol. The maximum absolute atomic E-state index is 12.8. The number of ether oxygens (including phenoxy) is 1. The SMILES string of the molecule is O=C(COc1ccc(S(=O)(=O)N2CCCCC2)cc1Cl)NCCCNc1ccnc2cc(Cl)ccc12. The topological polar surface area (TPSA) is 101 Å². The van der Waals surface area contributed by atoms with Crippen LogP contribution in [-0.4, -0.2) is 56.4 Å². The summed E-state index contributed by atoms with van der Waals surface area (Å²) in [6, 6.07) is 11.8. The predicted molar refractivity (Wildman–Crippen MR) is 142 cm³/mol. The first-order chi connectivity index (χ1) is 17.3. The number of anilines is 1. The molecule has 8 nitrogen and oxygen atoms in total. The number of nitrogens with zero attached hydrogens (tertiary/aromatic N) is 2. The minimum Gasteiger partial charge on any atom is -0.482 e. The van der Waals surface area contributed by atoms with Crippen molar-refractivity contribution in [3.63, 3.8) is 0 Å². The summed E-state index contributed by atoms with van der Waals surface area (Å²) in [7, 11) is -3.59. The highest BCUT2D eigenvalue weighted by molar-refractivity contribution is 7.89. The number of nitrogens with one attached hydrogen (secondary N) is 2. The van der Waals surface area contributed by atoms with E-state index < -0.39 is 10.0 Å². The van der Waals surface area contributed by atoms with Crippen LogP contribution in [0.5, 0.6) is 5.75 Å². The van der Waals surface area contributed by atoms with Crippen molar-refractivity contribution in [1.29, 1.82) is 0 Å². The Bertz CT molecular complexity index is 1330. The second kappa shape index (κ2) is 12.1. The first-order valence-corrected chi connectivity index (χ1v) is 14.0. The van der Waals surface area contributed by atoms with Crippen LogP contribution in [0.4, 0.5) is 5.69 Å². The summed E-state index contributed by atoms with van der Waals surface area (Å²) in [5.41, 5.74) is 1.76. The zero-order valence-electron chi connectivity index (χ0n) is 19.7. The Labute approximate surface area is 221 Å². The molecule has 0 spiro atoms. The van der Waals surface area contributed by atoms with Gasteiger partial charge in [0.25, 0.3) is 5.91 Å². The normalized spacial score (nSPS) is 14.5. The predicted octanol–water partition coefficient (Wildman–Crippen LogP) is 4.71. The van der Waals surface area contributed by atoms with E-state index in [1.807, 2.05) is 24.3 Å². The van der Waals surface area contributed by atoms with Gasteiger partial charge in [0.05, 0.1) is 15.4 Å². The summed E-state index contributed by atoms with van der Waals surface area (Å²) in [6.45, 7) is 1.93. The Hall–Kier alpha value is -2.59. The lowest BCUT2D eigenvalue weighted by Crippen LogP contribution is -2.35. The van der Waals surface area contributed by atoms with E-state index in [0.29, 0.717) is 37.6 Å². The van der Waals surface area contributed by atoms with Crippen molar-refractivity contribution in [3.8, 4) is 5.75 Å². The molecular weight excluding hydrogens is 523 g/mol.